The third kappa shape index (κ3) is 21.0. The maximum atomic E-state index is 12.3. The van der Waals surface area contributed by atoms with Crippen LogP contribution in [0.1, 0.15) is 110 Å². The second-order valence-electron chi connectivity index (χ2n) is 9.70. The summed E-state index contributed by atoms with van der Waals surface area (Å²) in [5, 5.41) is 42.8. The summed E-state index contributed by atoms with van der Waals surface area (Å²) in [4.78, 5) is 12.3. The van der Waals surface area contributed by atoms with Gasteiger partial charge in [-0.3, -0.25) is 4.79 Å². The van der Waals surface area contributed by atoms with Crippen LogP contribution in [0.3, 0.4) is 0 Å². The number of allylic oxidation sites excluding steroid dienone is 7. The molecule has 0 heterocycles. The number of nitrogens with one attached hydrogen (secondary N) is 1. The molecule has 4 atom stereocenters. The summed E-state index contributed by atoms with van der Waals surface area (Å²) >= 11 is 0. The molecule has 0 aliphatic carbocycles. The van der Waals surface area contributed by atoms with Crippen LogP contribution in [0.5, 0.6) is 0 Å². The first-order valence-electron chi connectivity index (χ1n) is 14.5. The molecule has 0 spiro atoms. The van der Waals surface area contributed by atoms with Gasteiger partial charge in [0.05, 0.1) is 18.8 Å². The lowest BCUT2D eigenvalue weighted by molar-refractivity contribution is -0.132. The summed E-state index contributed by atoms with van der Waals surface area (Å²) in [6.07, 6.45) is 27.3. The van der Waals surface area contributed by atoms with Gasteiger partial charge in [0, 0.05) is 6.42 Å². The average Bonchev–Trinajstić information content (AvgIpc) is 2.90. The lowest BCUT2D eigenvalue weighted by Crippen LogP contribution is -2.52. The molecule has 0 saturated heterocycles. The van der Waals surface area contributed by atoms with E-state index in [4.69, 9.17) is 0 Å². The molecule has 0 aliphatic rings. The second kappa shape index (κ2) is 25.9. The summed E-state index contributed by atoms with van der Waals surface area (Å²) < 4.78 is 0. The van der Waals surface area contributed by atoms with Gasteiger partial charge in [0.1, 0.15) is 12.2 Å². The summed E-state index contributed by atoms with van der Waals surface area (Å²) in [5.41, 5.74) is 0. The first-order chi connectivity index (χ1) is 18.0. The summed E-state index contributed by atoms with van der Waals surface area (Å²) in [7, 11) is 0. The average molecular weight is 522 g/mol. The molecule has 0 radical (unpaired) electrons. The molecule has 0 aromatic carbocycles. The molecule has 214 valence electrons. The van der Waals surface area contributed by atoms with Crippen LogP contribution in [0, 0.1) is 0 Å². The Morgan fingerprint density at radius 2 is 1.32 bits per heavy atom. The minimum Gasteiger partial charge on any atom is -0.394 e. The van der Waals surface area contributed by atoms with E-state index in [1.54, 1.807) is 6.08 Å². The normalized spacial score (nSPS) is 15.7. The highest BCUT2D eigenvalue weighted by Crippen LogP contribution is 2.11. The lowest BCUT2D eigenvalue weighted by atomic mass is 10.0. The Morgan fingerprint density at radius 1 is 0.730 bits per heavy atom. The van der Waals surface area contributed by atoms with E-state index < -0.39 is 36.9 Å². The molecule has 0 rings (SSSR count). The Morgan fingerprint density at radius 3 is 2.03 bits per heavy atom. The molecule has 5 N–H and O–H groups in total. The predicted molar refractivity (Wildman–Crippen MR) is 154 cm³/mol. The largest absolute Gasteiger partial charge is 0.394 e. The van der Waals surface area contributed by atoms with E-state index in [0.29, 0.717) is 12.8 Å². The Kier molecular flexibility index (Phi) is 24.7. The number of aliphatic hydroxyl groups excluding tert-OH is 4. The molecule has 6 nitrogen and oxygen atoms in total. The molecule has 0 aliphatic heterocycles. The van der Waals surface area contributed by atoms with Gasteiger partial charge in [-0.05, 0) is 57.8 Å². The van der Waals surface area contributed by atoms with Gasteiger partial charge in [0.2, 0.25) is 5.91 Å². The monoisotopic (exact) mass is 521 g/mol. The SMILES string of the molecule is CC/C=C/CC/C=C/CCCC(O)C(O)C(CO)NC(=O)C(O)C/C=C\C/C=C\CCCCCCCC. The molecule has 1 amide bonds. The highest BCUT2D eigenvalue weighted by molar-refractivity contribution is 5.81. The van der Waals surface area contributed by atoms with Gasteiger partial charge in [-0.1, -0.05) is 94.6 Å². The van der Waals surface area contributed by atoms with Crippen molar-refractivity contribution >= 4 is 5.91 Å². The maximum Gasteiger partial charge on any atom is 0.249 e. The number of carbonyl (C=O) groups is 1. The van der Waals surface area contributed by atoms with Crippen LogP contribution in [0.4, 0.5) is 0 Å². The third-order valence-corrected chi connectivity index (χ3v) is 6.26. The van der Waals surface area contributed by atoms with E-state index in [1.165, 1.54) is 38.5 Å². The van der Waals surface area contributed by atoms with Gasteiger partial charge in [0.15, 0.2) is 0 Å². The minimum atomic E-state index is -1.31. The fraction of sp³-hybridized carbons (Fsp3) is 0.710. The lowest BCUT2D eigenvalue weighted by Gasteiger charge is -2.27. The van der Waals surface area contributed by atoms with Gasteiger partial charge >= 0.3 is 0 Å². The molecule has 0 aromatic heterocycles. The van der Waals surface area contributed by atoms with Gasteiger partial charge in [0.25, 0.3) is 0 Å². The van der Waals surface area contributed by atoms with Crippen LogP contribution in [0.25, 0.3) is 0 Å². The molecule has 4 unspecified atom stereocenters. The molecule has 0 aromatic rings. The Labute approximate surface area is 226 Å². The molecule has 0 bridgehead atoms. The number of carbonyl (C=O) groups excluding carboxylic acids is 1. The van der Waals surface area contributed by atoms with Crippen LogP contribution in [0.2, 0.25) is 0 Å². The van der Waals surface area contributed by atoms with Crippen molar-refractivity contribution in [2.24, 2.45) is 0 Å². The standard InChI is InChI=1S/C31H55NO5/c1-3-5-7-9-11-13-14-15-17-19-21-23-25-29(35)31(37)32-27(26-33)30(36)28(34)24-22-20-18-16-12-10-8-6-4-2/h6,8,15-18,21,23,27-30,33-36H,3-5,7,9-14,19-20,22,24-26H2,1-2H3,(H,32,37)/b8-6+,17-15-,18-16+,23-21-. The second-order valence-corrected chi connectivity index (χ2v) is 9.70. The van der Waals surface area contributed by atoms with Crippen molar-refractivity contribution in [2.45, 2.75) is 135 Å². The van der Waals surface area contributed by atoms with E-state index >= 15 is 0 Å². The number of hydrogen-bond acceptors (Lipinski definition) is 5. The zero-order chi connectivity index (χ0) is 27.6. The van der Waals surface area contributed by atoms with E-state index in [0.717, 1.165) is 38.5 Å². The van der Waals surface area contributed by atoms with Crippen molar-refractivity contribution in [3.05, 3.63) is 48.6 Å². The zero-order valence-corrected chi connectivity index (χ0v) is 23.4. The van der Waals surface area contributed by atoms with E-state index in [1.807, 2.05) is 6.08 Å². The number of hydrogen-bond donors (Lipinski definition) is 5. The summed E-state index contributed by atoms with van der Waals surface area (Å²) in [6.45, 7) is 3.80. The van der Waals surface area contributed by atoms with E-state index in [9.17, 15) is 25.2 Å². The van der Waals surface area contributed by atoms with Crippen molar-refractivity contribution in [3.63, 3.8) is 0 Å². The predicted octanol–water partition coefficient (Wildman–Crippen LogP) is 5.66. The molecule has 6 heteroatoms. The highest BCUT2D eigenvalue weighted by atomic mass is 16.3. The minimum absolute atomic E-state index is 0.147. The topological polar surface area (TPSA) is 110 Å². The maximum absolute atomic E-state index is 12.3. The fourth-order valence-electron chi connectivity index (χ4n) is 3.88. The molecule has 0 saturated carbocycles. The van der Waals surface area contributed by atoms with E-state index in [-0.39, 0.29) is 6.42 Å². The molecular weight excluding hydrogens is 466 g/mol. The number of amides is 1. The Hall–Kier alpha value is -1.73. The van der Waals surface area contributed by atoms with Crippen molar-refractivity contribution in [1.82, 2.24) is 5.32 Å². The number of rotatable bonds is 24. The third-order valence-electron chi connectivity index (χ3n) is 6.26. The van der Waals surface area contributed by atoms with Crippen LogP contribution >= 0.6 is 0 Å². The van der Waals surface area contributed by atoms with Crippen LogP contribution < -0.4 is 5.32 Å². The summed E-state index contributed by atoms with van der Waals surface area (Å²) in [6, 6.07) is -1.04. The highest BCUT2D eigenvalue weighted by Gasteiger charge is 2.28. The van der Waals surface area contributed by atoms with Gasteiger partial charge in [-0.2, -0.15) is 0 Å². The first kappa shape index (κ1) is 35.3. The van der Waals surface area contributed by atoms with Crippen LogP contribution in [0.15, 0.2) is 48.6 Å². The molecule has 0 fully saturated rings. The van der Waals surface area contributed by atoms with Crippen molar-refractivity contribution in [1.29, 1.82) is 0 Å². The van der Waals surface area contributed by atoms with Gasteiger partial charge in [-0.25, -0.2) is 0 Å². The van der Waals surface area contributed by atoms with E-state index in [2.05, 4.69) is 55.6 Å². The molecular formula is C31H55NO5. The van der Waals surface area contributed by atoms with Crippen molar-refractivity contribution < 1.29 is 25.2 Å². The quantitative estimate of drug-likeness (QED) is 0.0831. The zero-order valence-electron chi connectivity index (χ0n) is 23.4. The molecule has 37 heavy (non-hydrogen) atoms. The first-order valence-corrected chi connectivity index (χ1v) is 14.5. The summed E-state index contributed by atoms with van der Waals surface area (Å²) in [5.74, 6) is -0.673. The smallest absolute Gasteiger partial charge is 0.249 e. The van der Waals surface area contributed by atoms with Gasteiger partial charge in [-0.15, -0.1) is 0 Å². The Balaban J connectivity index is 4.13. The van der Waals surface area contributed by atoms with Gasteiger partial charge < -0.3 is 25.7 Å². The Bertz CT molecular complexity index is 644. The van der Waals surface area contributed by atoms with Crippen molar-refractivity contribution in [2.75, 3.05) is 6.61 Å². The fourth-order valence-corrected chi connectivity index (χ4v) is 3.88. The van der Waals surface area contributed by atoms with Crippen molar-refractivity contribution in [3.8, 4) is 0 Å². The number of aliphatic hydroxyl groups is 4. The van der Waals surface area contributed by atoms with Crippen LogP contribution in [-0.4, -0.2) is 57.3 Å². The van der Waals surface area contributed by atoms with Crippen LogP contribution in [-0.2, 0) is 4.79 Å². The number of unbranched alkanes of at least 4 members (excludes halogenated alkanes) is 8.